The number of ether oxygens (including phenoxy) is 1. The summed E-state index contributed by atoms with van der Waals surface area (Å²) in [6, 6.07) is 9.89. The van der Waals surface area contributed by atoms with E-state index >= 15 is 0 Å². The van der Waals surface area contributed by atoms with Gasteiger partial charge in [0.15, 0.2) is 0 Å². The van der Waals surface area contributed by atoms with Gasteiger partial charge in [-0.05, 0) is 58.3 Å². The van der Waals surface area contributed by atoms with Gasteiger partial charge in [0.1, 0.15) is 5.75 Å². The standard InChI is InChI=1S/C16H15ClINO/c1-9-3-2-4-12(14(9)18)15(19)13-8-11(17)7-10-5-6-20-16(10)13/h2-4,7-8,15H,5-6,19H2,1H3. The Labute approximate surface area is 137 Å². The first-order chi connectivity index (χ1) is 9.58. The molecule has 1 aliphatic rings. The molecule has 20 heavy (non-hydrogen) atoms. The van der Waals surface area contributed by atoms with Gasteiger partial charge >= 0.3 is 0 Å². The molecule has 104 valence electrons. The molecule has 1 unspecified atom stereocenters. The second-order valence-electron chi connectivity index (χ2n) is 5.04. The highest BCUT2D eigenvalue weighted by Gasteiger charge is 2.23. The highest BCUT2D eigenvalue weighted by atomic mass is 127. The molecule has 0 aromatic heterocycles. The Morgan fingerprint density at radius 1 is 1.30 bits per heavy atom. The first kappa shape index (κ1) is 14.2. The quantitative estimate of drug-likeness (QED) is 0.767. The highest BCUT2D eigenvalue weighted by molar-refractivity contribution is 14.1. The molecule has 0 fully saturated rings. The summed E-state index contributed by atoms with van der Waals surface area (Å²) in [6.45, 7) is 2.80. The molecular formula is C16H15ClINO. The van der Waals surface area contributed by atoms with E-state index in [9.17, 15) is 0 Å². The summed E-state index contributed by atoms with van der Waals surface area (Å²) in [5.74, 6) is 0.916. The van der Waals surface area contributed by atoms with Crippen LogP contribution >= 0.6 is 34.2 Å². The third kappa shape index (κ3) is 2.43. The van der Waals surface area contributed by atoms with E-state index in [4.69, 9.17) is 22.1 Å². The van der Waals surface area contributed by atoms with Gasteiger partial charge in [-0.25, -0.2) is 0 Å². The van der Waals surface area contributed by atoms with Crippen LogP contribution < -0.4 is 10.5 Å². The van der Waals surface area contributed by atoms with E-state index in [-0.39, 0.29) is 6.04 Å². The van der Waals surface area contributed by atoms with Crippen molar-refractivity contribution in [2.45, 2.75) is 19.4 Å². The van der Waals surface area contributed by atoms with Crippen LogP contribution in [0.5, 0.6) is 5.75 Å². The van der Waals surface area contributed by atoms with Crippen LogP contribution in [0, 0.1) is 10.5 Å². The van der Waals surface area contributed by atoms with Crippen molar-refractivity contribution in [3.05, 3.63) is 61.2 Å². The lowest BCUT2D eigenvalue weighted by Crippen LogP contribution is -2.15. The Hall–Kier alpha value is -0.780. The van der Waals surface area contributed by atoms with Crippen molar-refractivity contribution in [2.75, 3.05) is 6.61 Å². The summed E-state index contributed by atoms with van der Waals surface area (Å²) in [7, 11) is 0. The van der Waals surface area contributed by atoms with Gasteiger partial charge in [0.05, 0.1) is 12.6 Å². The van der Waals surface area contributed by atoms with Gasteiger partial charge in [-0.3, -0.25) is 0 Å². The molecule has 0 saturated carbocycles. The topological polar surface area (TPSA) is 35.2 Å². The van der Waals surface area contributed by atoms with Crippen LogP contribution in [0.4, 0.5) is 0 Å². The van der Waals surface area contributed by atoms with Gasteiger partial charge in [-0.15, -0.1) is 0 Å². The lowest BCUT2D eigenvalue weighted by Gasteiger charge is -2.18. The number of hydrogen-bond acceptors (Lipinski definition) is 2. The molecule has 1 atom stereocenters. The van der Waals surface area contributed by atoms with Gasteiger partial charge in [-0.1, -0.05) is 29.8 Å². The largest absolute Gasteiger partial charge is 0.493 e. The lowest BCUT2D eigenvalue weighted by atomic mass is 9.95. The second-order valence-corrected chi connectivity index (χ2v) is 6.55. The molecule has 1 aliphatic heterocycles. The number of hydrogen-bond donors (Lipinski definition) is 1. The molecule has 0 radical (unpaired) electrons. The zero-order valence-corrected chi connectivity index (χ0v) is 14.0. The van der Waals surface area contributed by atoms with Crippen LogP contribution in [0.25, 0.3) is 0 Å². The van der Waals surface area contributed by atoms with E-state index < -0.39 is 0 Å². The van der Waals surface area contributed by atoms with Gasteiger partial charge < -0.3 is 10.5 Å². The van der Waals surface area contributed by atoms with Crippen molar-refractivity contribution in [1.82, 2.24) is 0 Å². The molecule has 3 rings (SSSR count). The van der Waals surface area contributed by atoms with Crippen LogP contribution in [0.2, 0.25) is 5.02 Å². The summed E-state index contributed by atoms with van der Waals surface area (Å²) in [5, 5.41) is 0.724. The van der Waals surface area contributed by atoms with Crippen LogP contribution in [0.1, 0.15) is 28.3 Å². The van der Waals surface area contributed by atoms with Gasteiger partial charge in [0.2, 0.25) is 0 Å². The third-order valence-electron chi connectivity index (χ3n) is 3.67. The van der Waals surface area contributed by atoms with Crippen molar-refractivity contribution < 1.29 is 4.74 Å². The number of benzene rings is 2. The van der Waals surface area contributed by atoms with Crippen molar-refractivity contribution in [1.29, 1.82) is 0 Å². The normalized spacial score (nSPS) is 14.8. The molecule has 2 nitrogen and oxygen atoms in total. The van der Waals surface area contributed by atoms with Crippen molar-refractivity contribution in [3.63, 3.8) is 0 Å². The van der Waals surface area contributed by atoms with Gasteiger partial charge in [0.25, 0.3) is 0 Å². The fourth-order valence-electron chi connectivity index (χ4n) is 2.61. The molecule has 1 heterocycles. The molecule has 0 amide bonds. The van der Waals surface area contributed by atoms with Gasteiger partial charge in [0, 0.05) is 20.6 Å². The van der Waals surface area contributed by atoms with Crippen molar-refractivity contribution in [2.24, 2.45) is 5.73 Å². The zero-order chi connectivity index (χ0) is 14.3. The van der Waals surface area contributed by atoms with E-state index in [0.717, 1.165) is 33.9 Å². The fraction of sp³-hybridized carbons (Fsp3) is 0.250. The maximum atomic E-state index is 6.48. The summed E-state index contributed by atoms with van der Waals surface area (Å²) in [5.41, 5.74) is 11.0. The molecule has 0 aliphatic carbocycles. The SMILES string of the molecule is Cc1cccc(C(N)c2cc(Cl)cc3c2OCC3)c1I. The second kappa shape index (κ2) is 5.54. The van der Waals surface area contributed by atoms with Crippen LogP contribution in [-0.2, 0) is 6.42 Å². The Morgan fingerprint density at radius 3 is 2.90 bits per heavy atom. The Balaban J connectivity index is 2.11. The van der Waals surface area contributed by atoms with E-state index in [1.807, 2.05) is 18.2 Å². The number of aryl methyl sites for hydroxylation is 1. The molecule has 2 N–H and O–H groups in total. The van der Waals surface area contributed by atoms with E-state index in [1.54, 1.807) is 0 Å². The average molecular weight is 400 g/mol. The predicted octanol–water partition coefficient (Wildman–Crippen LogP) is 4.24. The molecule has 0 bridgehead atoms. The van der Waals surface area contributed by atoms with Crippen LogP contribution in [0.15, 0.2) is 30.3 Å². The molecule has 0 spiro atoms. The Morgan fingerprint density at radius 2 is 2.10 bits per heavy atom. The molecular weight excluding hydrogens is 385 g/mol. The number of rotatable bonds is 2. The average Bonchev–Trinajstić information content (AvgIpc) is 2.88. The Bertz CT molecular complexity index is 672. The third-order valence-corrected chi connectivity index (χ3v) is 5.36. The van der Waals surface area contributed by atoms with E-state index in [2.05, 4.69) is 41.6 Å². The van der Waals surface area contributed by atoms with Crippen molar-refractivity contribution >= 4 is 34.2 Å². The maximum Gasteiger partial charge on any atom is 0.127 e. The number of halogens is 2. The van der Waals surface area contributed by atoms with E-state index in [0.29, 0.717) is 6.61 Å². The highest BCUT2D eigenvalue weighted by Crippen LogP contribution is 2.38. The van der Waals surface area contributed by atoms with Gasteiger partial charge in [-0.2, -0.15) is 0 Å². The smallest absolute Gasteiger partial charge is 0.127 e. The summed E-state index contributed by atoms with van der Waals surface area (Å²) < 4.78 is 6.95. The minimum absolute atomic E-state index is 0.215. The molecule has 2 aromatic carbocycles. The summed E-state index contributed by atoms with van der Waals surface area (Å²) in [4.78, 5) is 0. The van der Waals surface area contributed by atoms with Crippen LogP contribution in [-0.4, -0.2) is 6.61 Å². The first-order valence-electron chi connectivity index (χ1n) is 6.53. The monoisotopic (exact) mass is 399 g/mol. The fourth-order valence-corrected chi connectivity index (χ4v) is 3.55. The molecule has 0 saturated heterocycles. The van der Waals surface area contributed by atoms with E-state index in [1.165, 1.54) is 9.13 Å². The summed E-state index contributed by atoms with van der Waals surface area (Å²) >= 11 is 8.57. The van der Waals surface area contributed by atoms with Crippen molar-refractivity contribution in [3.8, 4) is 5.75 Å². The predicted molar refractivity (Wildman–Crippen MR) is 90.6 cm³/mol. The minimum atomic E-state index is -0.215. The van der Waals surface area contributed by atoms with Crippen LogP contribution in [0.3, 0.4) is 0 Å². The summed E-state index contributed by atoms with van der Waals surface area (Å²) in [6.07, 6.45) is 0.903. The zero-order valence-electron chi connectivity index (χ0n) is 11.1. The Kier molecular flexibility index (Phi) is 3.93. The first-order valence-corrected chi connectivity index (χ1v) is 7.99. The molecule has 4 heteroatoms. The maximum absolute atomic E-state index is 6.48. The lowest BCUT2D eigenvalue weighted by molar-refractivity contribution is 0.352. The number of fused-ring (bicyclic) bond motifs is 1. The molecule has 2 aromatic rings. The minimum Gasteiger partial charge on any atom is -0.493 e. The number of nitrogens with two attached hydrogens (primary N) is 1.